The summed E-state index contributed by atoms with van der Waals surface area (Å²) in [4.78, 5) is 12.1. The van der Waals surface area contributed by atoms with Gasteiger partial charge in [0, 0.05) is 18.0 Å². The first-order valence-electron chi connectivity index (χ1n) is 6.96. The largest absolute Gasteiger partial charge is 0.409 e. The van der Waals surface area contributed by atoms with Crippen molar-refractivity contribution >= 4 is 11.7 Å². The van der Waals surface area contributed by atoms with Gasteiger partial charge in [-0.3, -0.25) is 4.79 Å². The number of amides is 1. The summed E-state index contributed by atoms with van der Waals surface area (Å²) in [5, 5.41) is 14.6. The normalized spacial score (nSPS) is 22.8. The van der Waals surface area contributed by atoms with E-state index in [-0.39, 0.29) is 17.7 Å². The maximum absolute atomic E-state index is 12.1. The third-order valence-electron chi connectivity index (χ3n) is 4.00. The Morgan fingerprint density at radius 3 is 2.95 bits per heavy atom. The van der Waals surface area contributed by atoms with Gasteiger partial charge in [0.2, 0.25) is 5.91 Å². The minimum absolute atomic E-state index is 0.0718. The van der Waals surface area contributed by atoms with E-state index in [0.717, 1.165) is 24.8 Å². The molecule has 4 N–H and O–H groups in total. The van der Waals surface area contributed by atoms with Crippen LogP contribution in [0.3, 0.4) is 0 Å². The number of benzene rings is 1. The zero-order chi connectivity index (χ0) is 14.5. The highest BCUT2D eigenvalue weighted by Gasteiger charge is 2.29. The molecule has 1 aromatic rings. The van der Waals surface area contributed by atoms with Crippen LogP contribution in [0.2, 0.25) is 0 Å². The molecule has 108 valence electrons. The molecule has 1 aromatic carbocycles. The summed E-state index contributed by atoms with van der Waals surface area (Å²) in [5.41, 5.74) is 7.13. The Morgan fingerprint density at radius 1 is 1.50 bits per heavy atom. The summed E-state index contributed by atoms with van der Waals surface area (Å²) in [6, 6.07) is 7.31. The zero-order valence-electron chi connectivity index (χ0n) is 11.7. The summed E-state index contributed by atoms with van der Waals surface area (Å²) in [6.45, 7) is 2.60. The number of carbonyl (C=O) groups excluding carboxylic acids is 1. The van der Waals surface area contributed by atoms with E-state index in [0.29, 0.717) is 18.0 Å². The number of nitrogens with one attached hydrogen (secondary N) is 1. The second-order valence-electron chi connectivity index (χ2n) is 5.42. The molecule has 5 heteroatoms. The molecule has 1 saturated carbocycles. The fraction of sp³-hybridized carbons (Fsp3) is 0.467. The Balaban J connectivity index is 1.95. The predicted octanol–water partition coefficient (Wildman–Crippen LogP) is 1.83. The van der Waals surface area contributed by atoms with E-state index in [9.17, 15) is 4.79 Å². The number of nitrogens with two attached hydrogens (primary N) is 1. The first-order chi connectivity index (χ1) is 9.61. The smallest absolute Gasteiger partial charge is 0.223 e. The molecule has 0 aromatic heterocycles. The highest BCUT2D eigenvalue weighted by atomic mass is 16.4. The highest BCUT2D eigenvalue weighted by Crippen LogP contribution is 2.31. The second-order valence-corrected chi connectivity index (χ2v) is 5.42. The molecule has 1 aliphatic carbocycles. The molecule has 1 fully saturated rings. The molecule has 0 spiro atoms. The van der Waals surface area contributed by atoms with Crippen LogP contribution in [0.25, 0.3) is 0 Å². The lowest BCUT2D eigenvalue weighted by atomic mass is 9.97. The molecular formula is C15H21N3O2. The summed E-state index contributed by atoms with van der Waals surface area (Å²) in [5.74, 6) is 0.813. The highest BCUT2D eigenvalue weighted by molar-refractivity contribution is 5.97. The second kappa shape index (κ2) is 6.41. The maximum Gasteiger partial charge on any atom is 0.223 e. The van der Waals surface area contributed by atoms with Crippen molar-refractivity contribution in [2.45, 2.75) is 32.7 Å². The molecule has 0 saturated heterocycles. The van der Waals surface area contributed by atoms with Gasteiger partial charge in [0.15, 0.2) is 5.84 Å². The molecule has 2 unspecified atom stereocenters. The van der Waals surface area contributed by atoms with Crippen LogP contribution < -0.4 is 11.1 Å². The standard InChI is InChI=1S/C15H21N3O2/c1-10-4-2-7-13(10)15(19)17-9-11-5-3-6-12(8-11)14(16)18-20/h3,5-6,8,10,13,20H,2,4,7,9H2,1H3,(H2,16,18)(H,17,19). The van der Waals surface area contributed by atoms with Crippen molar-refractivity contribution < 1.29 is 10.0 Å². The van der Waals surface area contributed by atoms with Crippen molar-refractivity contribution in [1.29, 1.82) is 0 Å². The topological polar surface area (TPSA) is 87.7 Å². The van der Waals surface area contributed by atoms with E-state index < -0.39 is 0 Å². The number of amidine groups is 1. The molecular weight excluding hydrogens is 254 g/mol. The number of oxime groups is 1. The molecule has 0 heterocycles. The molecule has 0 aliphatic heterocycles. The van der Waals surface area contributed by atoms with E-state index in [2.05, 4.69) is 17.4 Å². The summed E-state index contributed by atoms with van der Waals surface area (Å²) >= 11 is 0. The van der Waals surface area contributed by atoms with E-state index in [1.165, 1.54) is 0 Å². The monoisotopic (exact) mass is 275 g/mol. The minimum atomic E-state index is 0.0718. The van der Waals surface area contributed by atoms with Crippen LogP contribution in [0.5, 0.6) is 0 Å². The van der Waals surface area contributed by atoms with Gasteiger partial charge in [0.05, 0.1) is 0 Å². The molecule has 1 amide bonds. The number of nitrogens with zero attached hydrogens (tertiary/aromatic N) is 1. The van der Waals surface area contributed by atoms with Crippen LogP contribution >= 0.6 is 0 Å². The molecule has 0 radical (unpaired) electrons. The Hall–Kier alpha value is -2.04. The van der Waals surface area contributed by atoms with Gasteiger partial charge in [0.1, 0.15) is 0 Å². The number of carbonyl (C=O) groups is 1. The predicted molar refractivity (Wildman–Crippen MR) is 77.3 cm³/mol. The van der Waals surface area contributed by atoms with Crippen molar-refractivity contribution in [3.8, 4) is 0 Å². The van der Waals surface area contributed by atoms with E-state index in [1.807, 2.05) is 18.2 Å². The van der Waals surface area contributed by atoms with Crippen LogP contribution in [-0.2, 0) is 11.3 Å². The van der Waals surface area contributed by atoms with Gasteiger partial charge in [-0.15, -0.1) is 0 Å². The zero-order valence-corrected chi connectivity index (χ0v) is 11.7. The van der Waals surface area contributed by atoms with E-state index >= 15 is 0 Å². The van der Waals surface area contributed by atoms with E-state index in [4.69, 9.17) is 10.9 Å². The van der Waals surface area contributed by atoms with Gasteiger partial charge in [-0.05, 0) is 30.4 Å². The first-order valence-corrected chi connectivity index (χ1v) is 6.96. The molecule has 2 atom stereocenters. The van der Waals surface area contributed by atoms with Crippen molar-refractivity contribution in [2.24, 2.45) is 22.7 Å². The van der Waals surface area contributed by atoms with Crippen LogP contribution in [0, 0.1) is 11.8 Å². The Labute approximate surface area is 118 Å². The lowest BCUT2D eigenvalue weighted by molar-refractivity contribution is -0.126. The van der Waals surface area contributed by atoms with Gasteiger partial charge in [0.25, 0.3) is 0 Å². The molecule has 2 rings (SSSR count). The average Bonchev–Trinajstić information content (AvgIpc) is 2.90. The van der Waals surface area contributed by atoms with Crippen molar-refractivity contribution in [3.63, 3.8) is 0 Å². The quantitative estimate of drug-likeness (QED) is 0.339. The van der Waals surface area contributed by atoms with Crippen LogP contribution in [0.4, 0.5) is 0 Å². The number of rotatable bonds is 4. The van der Waals surface area contributed by atoms with Gasteiger partial charge < -0.3 is 16.3 Å². The lowest BCUT2D eigenvalue weighted by Crippen LogP contribution is -2.31. The Kier molecular flexibility index (Phi) is 4.61. The van der Waals surface area contributed by atoms with Crippen molar-refractivity contribution in [3.05, 3.63) is 35.4 Å². The molecule has 1 aliphatic rings. The Bertz CT molecular complexity index is 514. The van der Waals surface area contributed by atoms with Gasteiger partial charge in [-0.25, -0.2) is 0 Å². The van der Waals surface area contributed by atoms with Gasteiger partial charge in [-0.1, -0.05) is 36.7 Å². The molecule has 5 nitrogen and oxygen atoms in total. The summed E-state index contributed by atoms with van der Waals surface area (Å²) in [7, 11) is 0. The SMILES string of the molecule is CC1CCCC1C(=O)NCc1cccc(/C(N)=N/O)c1. The van der Waals surface area contributed by atoms with Crippen LogP contribution in [0.1, 0.15) is 37.3 Å². The van der Waals surface area contributed by atoms with Crippen molar-refractivity contribution in [2.75, 3.05) is 0 Å². The number of hydrogen-bond donors (Lipinski definition) is 3. The fourth-order valence-corrected chi connectivity index (χ4v) is 2.75. The minimum Gasteiger partial charge on any atom is -0.409 e. The van der Waals surface area contributed by atoms with E-state index in [1.54, 1.807) is 6.07 Å². The first kappa shape index (κ1) is 14.4. The van der Waals surface area contributed by atoms with Gasteiger partial charge >= 0.3 is 0 Å². The lowest BCUT2D eigenvalue weighted by Gasteiger charge is -2.15. The molecule has 20 heavy (non-hydrogen) atoms. The summed E-state index contributed by atoms with van der Waals surface area (Å²) in [6.07, 6.45) is 3.26. The average molecular weight is 275 g/mol. The third-order valence-corrected chi connectivity index (χ3v) is 4.00. The third kappa shape index (κ3) is 3.29. The van der Waals surface area contributed by atoms with Gasteiger partial charge in [-0.2, -0.15) is 0 Å². The van der Waals surface area contributed by atoms with Crippen LogP contribution in [0.15, 0.2) is 29.4 Å². The Morgan fingerprint density at radius 2 is 2.30 bits per heavy atom. The number of hydrogen-bond acceptors (Lipinski definition) is 3. The van der Waals surface area contributed by atoms with Crippen LogP contribution in [-0.4, -0.2) is 17.0 Å². The molecule has 0 bridgehead atoms. The summed E-state index contributed by atoms with van der Waals surface area (Å²) < 4.78 is 0. The van der Waals surface area contributed by atoms with Crippen molar-refractivity contribution in [1.82, 2.24) is 5.32 Å². The maximum atomic E-state index is 12.1. The fourth-order valence-electron chi connectivity index (χ4n) is 2.75.